The topological polar surface area (TPSA) is 0 Å². The van der Waals surface area contributed by atoms with Crippen molar-refractivity contribution in [2.75, 3.05) is 0 Å². The lowest BCUT2D eigenvalue weighted by Gasteiger charge is -2.17. The van der Waals surface area contributed by atoms with Crippen molar-refractivity contribution in [3.8, 4) is 0 Å². The Morgan fingerprint density at radius 1 is 1.28 bits per heavy atom. The molecule has 0 aromatic rings. The highest BCUT2D eigenvalue weighted by Gasteiger charge is 2.10. The normalized spacial score (nSPS) is 23.2. The summed E-state index contributed by atoms with van der Waals surface area (Å²) in [6.07, 6.45) is 12.0. The molecule has 0 amide bonds. The molecule has 0 heterocycles. The second-order valence-corrected chi connectivity index (χ2v) is 5.54. The van der Waals surface area contributed by atoms with Crippen molar-refractivity contribution < 1.29 is 0 Å². The molecule has 98 valence electrons. The van der Waals surface area contributed by atoms with E-state index in [9.17, 15) is 0 Å². The summed E-state index contributed by atoms with van der Waals surface area (Å²) in [5, 5.41) is 0. The molecule has 0 radical (unpaired) electrons. The number of rotatable bonds is 3. The molecule has 1 aliphatic carbocycles. The highest BCUT2D eigenvalue weighted by molar-refractivity contribution is 5.52. The molecule has 1 unspecified atom stereocenters. The van der Waals surface area contributed by atoms with Crippen molar-refractivity contribution in [3.63, 3.8) is 0 Å². The van der Waals surface area contributed by atoms with Gasteiger partial charge in [-0.1, -0.05) is 63.3 Å². The van der Waals surface area contributed by atoms with Crippen LogP contribution in [0.1, 0.15) is 41.0 Å². The summed E-state index contributed by atoms with van der Waals surface area (Å²) in [5.41, 5.74) is 5.31. The third kappa shape index (κ3) is 3.87. The number of hydrogen-bond donors (Lipinski definition) is 0. The monoisotopic (exact) mass is 242 g/mol. The molecule has 0 aromatic carbocycles. The lowest BCUT2D eigenvalue weighted by molar-refractivity contribution is 0.504. The van der Waals surface area contributed by atoms with E-state index in [-0.39, 0.29) is 0 Å². The van der Waals surface area contributed by atoms with E-state index in [0.29, 0.717) is 11.8 Å². The molecule has 1 atom stereocenters. The third-order valence-electron chi connectivity index (χ3n) is 3.74. The van der Waals surface area contributed by atoms with Crippen molar-refractivity contribution >= 4 is 0 Å². The van der Waals surface area contributed by atoms with Gasteiger partial charge in [0.15, 0.2) is 0 Å². The molecule has 0 aliphatic heterocycles. The first-order valence-electron chi connectivity index (χ1n) is 6.86. The van der Waals surface area contributed by atoms with Crippen LogP contribution in [0.2, 0.25) is 0 Å². The molecule has 1 aliphatic rings. The van der Waals surface area contributed by atoms with Crippen LogP contribution in [-0.4, -0.2) is 0 Å². The van der Waals surface area contributed by atoms with Gasteiger partial charge in [0, 0.05) is 0 Å². The highest BCUT2D eigenvalue weighted by atomic mass is 14.2. The third-order valence-corrected chi connectivity index (χ3v) is 3.74. The SMILES string of the molecule is C=C1C=CC(=C/C)/C(=C(C)/C=C\C(C)C(C)C)C1. The fraction of sp³-hybridized carbons (Fsp3) is 0.444. The second kappa shape index (κ2) is 6.58. The zero-order valence-electron chi connectivity index (χ0n) is 12.5. The van der Waals surface area contributed by atoms with Crippen LogP contribution in [0, 0.1) is 11.8 Å². The summed E-state index contributed by atoms with van der Waals surface area (Å²) in [6, 6.07) is 0. The van der Waals surface area contributed by atoms with E-state index in [4.69, 9.17) is 0 Å². The first-order valence-corrected chi connectivity index (χ1v) is 6.86. The molecule has 0 aromatic heterocycles. The Kier molecular flexibility index (Phi) is 5.40. The van der Waals surface area contributed by atoms with Gasteiger partial charge in [0.25, 0.3) is 0 Å². The van der Waals surface area contributed by atoms with Gasteiger partial charge in [-0.05, 0) is 48.8 Å². The Morgan fingerprint density at radius 3 is 2.50 bits per heavy atom. The van der Waals surface area contributed by atoms with E-state index in [1.165, 1.54) is 22.3 Å². The molecule has 1 rings (SSSR count). The highest BCUT2D eigenvalue weighted by Crippen LogP contribution is 2.29. The Labute approximate surface area is 112 Å². The van der Waals surface area contributed by atoms with Crippen molar-refractivity contribution in [1.82, 2.24) is 0 Å². The fourth-order valence-electron chi connectivity index (χ4n) is 1.95. The molecule has 0 saturated heterocycles. The van der Waals surface area contributed by atoms with E-state index in [1.807, 2.05) is 0 Å². The average molecular weight is 242 g/mol. The van der Waals surface area contributed by atoms with Gasteiger partial charge >= 0.3 is 0 Å². The predicted molar refractivity (Wildman–Crippen MR) is 82.5 cm³/mol. The van der Waals surface area contributed by atoms with Gasteiger partial charge in [0.05, 0.1) is 0 Å². The van der Waals surface area contributed by atoms with Crippen LogP contribution >= 0.6 is 0 Å². The summed E-state index contributed by atoms with van der Waals surface area (Å²) < 4.78 is 0. The van der Waals surface area contributed by atoms with Crippen molar-refractivity contribution in [3.05, 3.63) is 59.3 Å². The lowest BCUT2D eigenvalue weighted by atomic mass is 9.88. The van der Waals surface area contributed by atoms with Gasteiger partial charge in [-0.3, -0.25) is 0 Å². The van der Waals surface area contributed by atoms with Gasteiger partial charge in [0.1, 0.15) is 0 Å². The standard InChI is InChI=1S/C18H26/c1-7-17-11-8-14(4)12-18(17)16(6)10-9-15(5)13(2)3/h7-11,13,15H,4,12H2,1-3,5-6H3/b10-9-,17-7-,18-16+. The van der Waals surface area contributed by atoms with Crippen LogP contribution < -0.4 is 0 Å². The summed E-state index contributed by atoms with van der Waals surface area (Å²) in [6.45, 7) is 15.2. The minimum Gasteiger partial charge on any atom is -0.0955 e. The van der Waals surface area contributed by atoms with E-state index in [1.54, 1.807) is 0 Å². The van der Waals surface area contributed by atoms with Crippen molar-refractivity contribution in [1.29, 1.82) is 0 Å². The first-order chi connectivity index (χ1) is 8.45. The maximum Gasteiger partial charge on any atom is -0.00232 e. The average Bonchev–Trinajstić information content (AvgIpc) is 2.35. The molecule has 0 nitrogen and oxygen atoms in total. The minimum absolute atomic E-state index is 0.622. The van der Waals surface area contributed by atoms with Gasteiger partial charge < -0.3 is 0 Å². The van der Waals surface area contributed by atoms with Crippen LogP contribution in [0.15, 0.2) is 59.3 Å². The molecule has 0 fully saturated rings. The first kappa shape index (κ1) is 14.8. The summed E-state index contributed by atoms with van der Waals surface area (Å²) >= 11 is 0. The van der Waals surface area contributed by atoms with Gasteiger partial charge in [-0.15, -0.1) is 0 Å². The molecule has 0 spiro atoms. The van der Waals surface area contributed by atoms with E-state index in [2.05, 4.69) is 71.6 Å². The van der Waals surface area contributed by atoms with Crippen molar-refractivity contribution in [2.45, 2.75) is 41.0 Å². The largest absolute Gasteiger partial charge is 0.0955 e. The second-order valence-electron chi connectivity index (χ2n) is 5.54. The number of hydrogen-bond acceptors (Lipinski definition) is 0. The van der Waals surface area contributed by atoms with Gasteiger partial charge in [-0.2, -0.15) is 0 Å². The van der Waals surface area contributed by atoms with E-state index < -0.39 is 0 Å². The number of allylic oxidation sites excluding steroid dienone is 9. The predicted octanol–water partition coefficient (Wildman–Crippen LogP) is 5.61. The summed E-state index contributed by atoms with van der Waals surface area (Å²) in [4.78, 5) is 0. The maximum absolute atomic E-state index is 4.07. The van der Waals surface area contributed by atoms with E-state index in [0.717, 1.165) is 6.42 Å². The Hall–Kier alpha value is -1.30. The lowest BCUT2D eigenvalue weighted by Crippen LogP contribution is -2.00. The van der Waals surface area contributed by atoms with Crippen LogP contribution in [0.25, 0.3) is 0 Å². The van der Waals surface area contributed by atoms with Crippen LogP contribution in [0.5, 0.6) is 0 Å². The Morgan fingerprint density at radius 2 is 1.94 bits per heavy atom. The summed E-state index contributed by atoms with van der Waals surface area (Å²) in [5.74, 6) is 1.32. The van der Waals surface area contributed by atoms with Crippen LogP contribution in [0.4, 0.5) is 0 Å². The quantitative estimate of drug-likeness (QED) is 0.603. The fourth-order valence-corrected chi connectivity index (χ4v) is 1.95. The van der Waals surface area contributed by atoms with Crippen LogP contribution in [-0.2, 0) is 0 Å². The molecule has 0 heteroatoms. The molecular weight excluding hydrogens is 216 g/mol. The Bertz CT molecular complexity index is 425. The molecule has 0 saturated carbocycles. The van der Waals surface area contributed by atoms with E-state index >= 15 is 0 Å². The van der Waals surface area contributed by atoms with Gasteiger partial charge in [-0.25, -0.2) is 0 Å². The molecule has 18 heavy (non-hydrogen) atoms. The Balaban J connectivity index is 2.97. The zero-order valence-corrected chi connectivity index (χ0v) is 12.5. The summed E-state index contributed by atoms with van der Waals surface area (Å²) in [7, 11) is 0. The van der Waals surface area contributed by atoms with Crippen molar-refractivity contribution in [2.24, 2.45) is 11.8 Å². The molecular formula is C18H26. The maximum atomic E-state index is 4.07. The minimum atomic E-state index is 0.622. The zero-order chi connectivity index (χ0) is 13.7. The van der Waals surface area contributed by atoms with Crippen LogP contribution in [0.3, 0.4) is 0 Å². The smallest absolute Gasteiger partial charge is 0.00232 e. The van der Waals surface area contributed by atoms with Gasteiger partial charge in [0.2, 0.25) is 0 Å². The molecule has 0 N–H and O–H groups in total. The molecule has 0 bridgehead atoms.